The SMILES string of the molecule is CCCCN(CCCC)C(=O)c1cnccc1Cl. The van der Waals surface area contributed by atoms with E-state index >= 15 is 0 Å². The summed E-state index contributed by atoms with van der Waals surface area (Å²) in [6.07, 6.45) is 7.35. The molecule has 1 rings (SSSR count). The van der Waals surface area contributed by atoms with E-state index in [1.165, 1.54) is 0 Å². The van der Waals surface area contributed by atoms with Crippen LogP contribution >= 0.6 is 11.6 Å². The van der Waals surface area contributed by atoms with E-state index in [0.29, 0.717) is 10.6 Å². The number of amides is 1. The van der Waals surface area contributed by atoms with Gasteiger partial charge in [0.2, 0.25) is 0 Å². The second kappa shape index (κ2) is 8.09. The lowest BCUT2D eigenvalue weighted by Gasteiger charge is -2.22. The standard InChI is InChI=1S/C14H21ClN2O/c1-3-5-9-17(10-6-4-2)14(18)12-11-16-8-7-13(12)15/h7-8,11H,3-6,9-10H2,1-2H3. The van der Waals surface area contributed by atoms with E-state index in [-0.39, 0.29) is 5.91 Å². The van der Waals surface area contributed by atoms with Gasteiger partial charge in [-0.25, -0.2) is 0 Å². The third-order valence-electron chi connectivity index (χ3n) is 2.85. The van der Waals surface area contributed by atoms with E-state index in [1.807, 2.05) is 4.90 Å². The average molecular weight is 269 g/mol. The number of unbranched alkanes of at least 4 members (excludes halogenated alkanes) is 2. The fourth-order valence-corrected chi connectivity index (χ4v) is 1.90. The van der Waals surface area contributed by atoms with Crippen molar-refractivity contribution < 1.29 is 4.79 Å². The molecule has 3 nitrogen and oxygen atoms in total. The molecule has 100 valence electrons. The van der Waals surface area contributed by atoms with E-state index in [4.69, 9.17) is 11.6 Å². The zero-order valence-electron chi connectivity index (χ0n) is 11.2. The first kappa shape index (κ1) is 15.0. The largest absolute Gasteiger partial charge is 0.339 e. The number of aromatic nitrogens is 1. The Balaban J connectivity index is 2.77. The molecule has 0 aliphatic carbocycles. The lowest BCUT2D eigenvalue weighted by molar-refractivity contribution is 0.0751. The maximum absolute atomic E-state index is 12.4. The van der Waals surface area contributed by atoms with E-state index in [0.717, 1.165) is 38.8 Å². The number of halogens is 1. The Hall–Kier alpha value is -1.09. The smallest absolute Gasteiger partial charge is 0.256 e. The highest BCUT2D eigenvalue weighted by Crippen LogP contribution is 2.16. The van der Waals surface area contributed by atoms with Gasteiger partial charge in [-0.15, -0.1) is 0 Å². The zero-order chi connectivity index (χ0) is 13.4. The van der Waals surface area contributed by atoms with Gasteiger partial charge in [0.25, 0.3) is 5.91 Å². The van der Waals surface area contributed by atoms with Crippen LogP contribution in [0.4, 0.5) is 0 Å². The van der Waals surface area contributed by atoms with Gasteiger partial charge < -0.3 is 4.90 Å². The van der Waals surface area contributed by atoms with E-state index in [2.05, 4.69) is 18.8 Å². The van der Waals surface area contributed by atoms with Crippen molar-refractivity contribution in [3.63, 3.8) is 0 Å². The number of carbonyl (C=O) groups is 1. The minimum absolute atomic E-state index is 0.00463. The van der Waals surface area contributed by atoms with Gasteiger partial charge in [0, 0.05) is 25.5 Å². The molecule has 0 spiro atoms. The maximum Gasteiger partial charge on any atom is 0.256 e. The predicted molar refractivity (Wildman–Crippen MR) is 75.0 cm³/mol. The summed E-state index contributed by atoms with van der Waals surface area (Å²) in [5, 5.41) is 0.480. The molecule has 1 amide bonds. The molecule has 18 heavy (non-hydrogen) atoms. The third kappa shape index (κ3) is 4.30. The molecular weight excluding hydrogens is 248 g/mol. The van der Waals surface area contributed by atoms with Crippen molar-refractivity contribution in [2.45, 2.75) is 39.5 Å². The van der Waals surface area contributed by atoms with E-state index < -0.39 is 0 Å². The highest BCUT2D eigenvalue weighted by molar-refractivity contribution is 6.33. The van der Waals surface area contributed by atoms with Crippen LogP contribution in [0.3, 0.4) is 0 Å². The van der Waals surface area contributed by atoms with Gasteiger partial charge in [-0.05, 0) is 18.9 Å². The van der Waals surface area contributed by atoms with Crippen LogP contribution in [0.15, 0.2) is 18.5 Å². The molecule has 1 heterocycles. The predicted octanol–water partition coefficient (Wildman–Crippen LogP) is 3.78. The van der Waals surface area contributed by atoms with Gasteiger partial charge in [-0.3, -0.25) is 9.78 Å². The molecule has 0 aromatic carbocycles. The number of rotatable bonds is 7. The Bertz CT molecular complexity index is 374. The lowest BCUT2D eigenvalue weighted by Crippen LogP contribution is -2.33. The average Bonchev–Trinajstić information content (AvgIpc) is 2.39. The van der Waals surface area contributed by atoms with Crippen LogP contribution in [-0.4, -0.2) is 28.9 Å². The summed E-state index contributed by atoms with van der Waals surface area (Å²) < 4.78 is 0. The van der Waals surface area contributed by atoms with Gasteiger partial charge in [-0.2, -0.15) is 0 Å². The van der Waals surface area contributed by atoms with Gasteiger partial charge in [0.15, 0.2) is 0 Å². The van der Waals surface area contributed by atoms with Crippen molar-refractivity contribution in [1.82, 2.24) is 9.88 Å². The fourth-order valence-electron chi connectivity index (χ4n) is 1.72. The number of nitrogens with zero attached hydrogens (tertiary/aromatic N) is 2. The Morgan fingerprint density at radius 1 is 1.28 bits per heavy atom. The first-order valence-corrected chi connectivity index (χ1v) is 6.97. The van der Waals surface area contributed by atoms with Gasteiger partial charge >= 0.3 is 0 Å². The van der Waals surface area contributed by atoms with Crippen molar-refractivity contribution in [1.29, 1.82) is 0 Å². The van der Waals surface area contributed by atoms with Crippen LogP contribution in [0.25, 0.3) is 0 Å². The molecule has 0 fully saturated rings. The number of carbonyl (C=O) groups excluding carboxylic acids is 1. The van der Waals surface area contributed by atoms with Crippen molar-refractivity contribution in [3.05, 3.63) is 29.0 Å². The van der Waals surface area contributed by atoms with Crippen LogP contribution in [0.2, 0.25) is 5.02 Å². The van der Waals surface area contributed by atoms with Crippen molar-refractivity contribution in [2.75, 3.05) is 13.1 Å². The third-order valence-corrected chi connectivity index (χ3v) is 3.18. The molecule has 0 N–H and O–H groups in total. The molecule has 0 aliphatic rings. The van der Waals surface area contributed by atoms with Crippen LogP contribution in [0, 0.1) is 0 Å². The number of pyridine rings is 1. The molecule has 0 aliphatic heterocycles. The van der Waals surface area contributed by atoms with Crippen LogP contribution in [0.1, 0.15) is 49.9 Å². The Kier molecular flexibility index (Phi) is 6.73. The normalized spacial score (nSPS) is 10.4. The summed E-state index contributed by atoms with van der Waals surface area (Å²) in [7, 11) is 0. The first-order valence-electron chi connectivity index (χ1n) is 6.59. The monoisotopic (exact) mass is 268 g/mol. The van der Waals surface area contributed by atoms with Gasteiger partial charge in [0.05, 0.1) is 10.6 Å². The molecule has 0 saturated heterocycles. The van der Waals surface area contributed by atoms with Gasteiger partial charge in [-0.1, -0.05) is 38.3 Å². The van der Waals surface area contributed by atoms with E-state index in [9.17, 15) is 4.79 Å². The maximum atomic E-state index is 12.4. The van der Waals surface area contributed by atoms with Crippen LogP contribution < -0.4 is 0 Å². The number of hydrogen-bond acceptors (Lipinski definition) is 2. The zero-order valence-corrected chi connectivity index (χ0v) is 11.9. The molecule has 0 bridgehead atoms. The minimum Gasteiger partial charge on any atom is -0.339 e. The van der Waals surface area contributed by atoms with Gasteiger partial charge in [0.1, 0.15) is 0 Å². The second-order valence-electron chi connectivity index (χ2n) is 4.35. The Morgan fingerprint density at radius 2 is 1.89 bits per heavy atom. The summed E-state index contributed by atoms with van der Waals surface area (Å²) in [6, 6.07) is 1.66. The second-order valence-corrected chi connectivity index (χ2v) is 4.76. The molecule has 1 aromatic rings. The summed E-state index contributed by atoms with van der Waals surface area (Å²) in [6.45, 7) is 5.83. The van der Waals surface area contributed by atoms with Crippen LogP contribution in [0.5, 0.6) is 0 Å². The number of hydrogen-bond donors (Lipinski definition) is 0. The fraction of sp³-hybridized carbons (Fsp3) is 0.571. The molecule has 1 aromatic heterocycles. The van der Waals surface area contributed by atoms with Crippen molar-refractivity contribution >= 4 is 17.5 Å². The van der Waals surface area contributed by atoms with Crippen molar-refractivity contribution in [2.24, 2.45) is 0 Å². The lowest BCUT2D eigenvalue weighted by atomic mass is 10.2. The highest BCUT2D eigenvalue weighted by atomic mass is 35.5. The summed E-state index contributed by atoms with van der Waals surface area (Å²) in [5.41, 5.74) is 0.506. The molecule has 0 saturated carbocycles. The molecule has 4 heteroatoms. The van der Waals surface area contributed by atoms with Crippen molar-refractivity contribution in [3.8, 4) is 0 Å². The minimum atomic E-state index is -0.00463. The molecular formula is C14H21ClN2O. The summed E-state index contributed by atoms with van der Waals surface area (Å²) >= 11 is 6.04. The topological polar surface area (TPSA) is 33.2 Å². The summed E-state index contributed by atoms with van der Waals surface area (Å²) in [4.78, 5) is 18.2. The summed E-state index contributed by atoms with van der Waals surface area (Å²) in [5.74, 6) is -0.00463. The highest BCUT2D eigenvalue weighted by Gasteiger charge is 2.17. The van der Waals surface area contributed by atoms with E-state index in [1.54, 1.807) is 18.5 Å². The molecule has 0 unspecified atom stereocenters. The Labute approximate surface area is 114 Å². The molecule has 0 atom stereocenters. The van der Waals surface area contributed by atoms with Crippen LogP contribution in [-0.2, 0) is 0 Å². The first-order chi connectivity index (χ1) is 8.70. The quantitative estimate of drug-likeness (QED) is 0.754. The Morgan fingerprint density at radius 3 is 2.39 bits per heavy atom. The molecule has 0 radical (unpaired) electrons.